The van der Waals surface area contributed by atoms with E-state index in [0.717, 1.165) is 28.2 Å². The Morgan fingerprint density at radius 1 is 0.842 bits per heavy atom. The zero-order chi connectivity index (χ0) is 26.3. The van der Waals surface area contributed by atoms with Crippen molar-refractivity contribution in [3.63, 3.8) is 0 Å². The van der Waals surface area contributed by atoms with Gasteiger partial charge in [0.25, 0.3) is 5.91 Å². The molecule has 0 saturated carbocycles. The van der Waals surface area contributed by atoms with Gasteiger partial charge in [-0.25, -0.2) is 0 Å². The molecule has 9 heteroatoms. The van der Waals surface area contributed by atoms with E-state index >= 15 is 0 Å². The van der Waals surface area contributed by atoms with Crippen LogP contribution < -0.4 is 24.3 Å². The topological polar surface area (TPSA) is 95.3 Å². The van der Waals surface area contributed by atoms with Gasteiger partial charge in [0.1, 0.15) is 5.76 Å². The lowest BCUT2D eigenvalue weighted by molar-refractivity contribution is 0.0918. The Balaban J connectivity index is 1.31. The summed E-state index contributed by atoms with van der Waals surface area (Å²) < 4.78 is 27.8. The Morgan fingerprint density at radius 3 is 2.37 bits per heavy atom. The summed E-state index contributed by atoms with van der Waals surface area (Å²) in [5, 5.41) is 2.88. The second kappa shape index (κ2) is 11.7. The zero-order valence-electron chi connectivity index (χ0n) is 21.3. The van der Waals surface area contributed by atoms with Crippen molar-refractivity contribution >= 4 is 5.91 Å². The van der Waals surface area contributed by atoms with Crippen molar-refractivity contribution in [3.8, 4) is 23.0 Å². The maximum Gasteiger partial charge on any atom is 0.287 e. The van der Waals surface area contributed by atoms with E-state index in [1.165, 1.54) is 0 Å². The third-order valence-electron chi connectivity index (χ3n) is 6.16. The van der Waals surface area contributed by atoms with Crippen LogP contribution in [0.4, 0.5) is 0 Å². The van der Waals surface area contributed by atoms with Gasteiger partial charge in [-0.05, 0) is 65.2 Å². The number of fused-ring (bicyclic) bond motifs is 1. The van der Waals surface area contributed by atoms with Crippen molar-refractivity contribution in [2.75, 3.05) is 21.0 Å². The first-order valence-electron chi connectivity index (χ1n) is 12.2. The molecule has 2 aromatic heterocycles. The van der Waals surface area contributed by atoms with Gasteiger partial charge in [-0.15, -0.1) is 0 Å². The van der Waals surface area contributed by atoms with Crippen molar-refractivity contribution in [2.24, 2.45) is 0 Å². The highest BCUT2D eigenvalue weighted by Crippen LogP contribution is 2.33. The lowest BCUT2D eigenvalue weighted by Gasteiger charge is -2.22. The first-order valence-corrected chi connectivity index (χ1v) is 12.2. The van der Waals surface area contributed by atoms with E-state index in [1.54, 1.807) is 32.7 Å². The number of amides is 1. The summed E-state index contributed by atoms with van der Waals surface area (Å²) in [7, 11) is 3.24. The van der Waals surface area contributed by atoms with Gasteiger partial charge in [-0.1, -0.05) is 12.1 Å². The summed E-state index contributed by atoms with van der Waals surface area (Å²) in [5.74, 6) is 3.50. The molecule has 3 heterocycles. The van der Waals surface area contributed by atoms with Gasteiger partial charge < -0.3 is 28.7 Å². The Labute approximate surface area is 220 Å². The molecule has 0 unspecified atom stereocenters. The fraction of sp³-hybridized carbons (Fsp3) is 0.241. The van der Waals surface area contributed by atoms with Gasteiger partial charge in [-0.2, -0.15) is 0 Å². The van der Waals surface area contributed by atoms with Gasteiger partial charge in [0.15, 0.2) is 28.8 Å². The molecule has 9 nitrogen and oxygen atoms in total. The molecule has 0 bridgehead atoms. The molecule has 4 aromatic rings. The largest absolute Gasteiger partial charge is 0.493 e. The van der Waals surface area contributed by atoms with E-state index in [2.05, 4.69) is 15.2 Å². The predicted molar refractivity (Wildman–Crippen MR) is 139 cm³/mol. The van der Waals surface area contributed by atoms with E-state index in [1.807, 2.05) is 54.6 Å². The van der Waals surface area contributed by atoms with Crippen LogP contribution in [0.2, 0.25) is 0 Å². The summed E-state index contributed by atoms with van der Waals surface area (Å²) in [6.07, 6.45) is 3.39. The molecular weight excluding hydrogens is 486 g/mol. The number of carbonyl (C=O) groups is 1. The highest BCUT2D eigenvalue weighted by Gasteiger charge is 2.18. The molecule has 1 aliphatic rings. The van der Waals surface area contributed by atoms with Crippen LogP contribution in [0.25, 0.3) is 0 Å². The van der Waals surface area contributed by atoms with E-state index < -0.39 is 0 Å². The standard InChI is InChI=1S/C29H29N3O6/c1-34-24-6-3-21(13-27(24)35-2)16-32(17-22-4-7-25-28(14-22)37-19-36-25)18-23-5-8-26(38-23)29(33)31-15-20-9-11-30-12-10-20/h3-14H,15-19H2,1-2H3,(H,31,33). The molecule has 2 aromatic carbocycles. The average Bonchev–Trinajstić information content (AvgIpc) is 3.61. The molecule has 0 aliphatic carbocycles. The molecule has 196 valence electrons. The number of nitrogens with zero attached hydrogens (tertiary/aromatic N) is 2. The SMILES string of the molecule is COc1ccc(CN(Cc2ccc3c(c2)OCO3)Cc2ccc(C(=O)NCc3ccncc3)o2)cc1OC. The Morgan fingerprint density at radius 2 is 1.58 bits per heavy atom. The van der Waals surface area contributed by atoms with E-state index in [4.69, 9.17) is 23.4 Å². The fourth-order valence-corrected chi connectivity index (χ4v) is 4.28. The van der Waals surface area contributed by atoms with Gasteiger partial charge in [0.2, 0.25) is 6.79 Å². The molecule has 0 saturated heterocycles. The summed E-state index contributed by atoms with van der Waals surface area (Å²) in [6.45, 7) is 2.34. The Hall–Kier alpha value is -4.50. The smallest absolute Gasteiger partial charge is 0.287 e. The molecule has 0 radical (unpaired) electrons. The summed E-state index contributed by atoms with van der Waals surface area (Å²) in [5.41, 5.74) is 3.08. The van der Waals surface area contributed by atoms with E-state index in [0.29, 0.717) is 43.4 Å². The number of methoxy groups -OCH3 is 2. The summed E-state index contributed by atoms with van der Waals surface area (Å²) >= 11 is 0. The van der Waals surface area contributed by atoms with Crippen LogP contribution in [-0.4, -0.2) is 36.8 Å². The third kappa shape index (κ3) is 6.07. The minimum Gasteiger partial charge on any atom is -0.493 e. The number of pyridine rings is 1. The minimum atomic E-state index is -0.268. The molecule has 1 N–H and O–H groups in total. The second-order valence-corrected chi connectivity index (χ2v) is 8.83. The minimum absolute atomic E-state index is 0.229. The van der Waals surface area contributed by atoms with Gasteiger partial charge >= 0.3 is 0 Å². The highest BCUT2D eigenvalue weighted by atomic mass is 16.7. The number of hydrogen-bond acceptors (Lipinski definition) is 8. The molecule has 0 atom stereocenters. The number of rotatable bonds is 11. The van der Waals surface area contributed by atoms with Crippen molar-refractivity contribution in [1.82, 2.24) is 15.2 Å². The van der Waals surface area contributed by atoms with Gasteiger partial charge in [0, 0.05) is 32.0 Å². The molecule has 1 aliphatic heterocycles. The summed E-state index contributed by atoms with van der Waals surface area (Å²) in [6, 6.07) is 19.1. The number of furan rings is 1. The number of aromatic nitrogens is 1. The molecule has 38 heavy (non-hydrogen) atoms. The predicted octanol–water partition coefficient (Wildman–Crippen LogP) is 4.55. The van der Waals surface area contributed by atoms with Gasteiger partial charge in [0.05, 0.1) is 20.8 Å². The normalized spacial score (nSPS) is 12.0. The first-order chi connectivity index (χ1) is 18.6. The molecule has 1 amide bonds. The Kier molecular flexibility index (Phi) is 7.75. The van der Waals surface area contributed by atoms with Crippen molar-refractivity contribution < 1.29 is 28.2 Å². The number of benzene rings is 2. The number of hydrogen-bond donors (Lipinski definition) is 1. The average molecular weight is 516 g/mol. The van der Waals surface area contributed by atoms with Crippen LogP contribution in [0.3, 0.4) is 0 Å². The maximum absolute atomic E-state index is 12.7. The lowest BCUT2D eigenvalue weighted by atomic mass is 10.1. The zero-order valence-corrected chi connectivity index (χ0v) is 21.3. The molecule has 0 spiro atoms. The molecule has 5 rings (SSSR count). The third-order valence-corrected chi connectivity index (χ3v) is 6.16. The number of ether oxygens (including phenoxy) is 4. The van der Waals surface area contributed by atoms with Crippen LogP contribution in [0.1, 0.15) is 33.0 Å². The maximum atomic E-state index is 12.7. The van der Waals surface area contributed by atoms with Crippen LogP contribution in [0, 0.1) is 0 Å². The van der Waals surface area contributed by atoms with Crippen LogP contribution in [-0.2, 0) is 26.2 Å². The fourth-order valence-electron chi connectivity index (χ4n) is 4.28. The number of nitrogens with one attached hydrogen (secondary N) is 1. The van der Waals surface area contributed by atoms with E-state index in [-0.39, 0.29) is 18.5 Å². The van der Waals surface area contributed by atoms with Crippen LogP contribution in [0.15, 0.2) is 77.5 Å². The van der Waals surface area contributed by atoms with Crippen LogP contribution in [0.5, 0.6) is 23.0 Å². The van der Waals surface area contributed by atoms with Gasteiger partial charge in [-0.3, -0.25) is 14.7 Å². The monoisotopic (exact) mass is 515 g/mol. The van der Waals surface area contributed by atoms with Crippen LogP contribution >= 0.6 is 0 Å². The summed E-state index contributed by atoms with van der Waals surface area (Å²) in [4.78, 5) is 18.9. The second-order valence-electron chi connectivity index (χ2n) is 8.83. The first kappa shape index (κ1) is 25.2. The highest BCUT2D eigenvalue weighted by molar-refractivity contribution is 5.91. The molecule has 0 fully saturated rings. The van der Waals surface area contributed by atoms with Crippen molar-refractivity contribution in [1.29, 1.82) is 0 Å². The quantitative estimate of drug-likeness (QED) is 0.311. The number of carbonyl (C=O) groups excluding carboxylic acids is 1. The van der Waals surface area contributed by atoms with Crippen molar-refractivity contribution in [3.05, 3.63) is 101 Å². The Bertz CT molecular complexity index is 1390. The van der Waals surface area contributed by atoms with Crippen molar-refractivity contribution in [2.45, 2.75) is 26.2 Å². The lowest BCUT2D eigenvalue weighted by Crippen LogP contribution is -2.23. The molecular formula is C29H29N3O6. The van der Waals surface area contributed by atoms with E-state index in [9.17, 15) is 4.79 Å².